The van der Waals surface area contributed by atoms with Crippen molar-refractivity contribution in [3.8, 4) is 11.1 Å². The second-order valence-corrected chi connectivity index (χ2v) is 8.28. The van der Waals surface area contributed by atoms with E-state index in [2.05, 4.69) is 0 Å². The second kappa shape index (κ2) is 13.7. The minimum Gasteiger partial charge on any atom is -0.333 e. The minimum atomic E-state index is -0.377. The Bertz CT molecular complexity index is 1280. The van der Waals surface area contributed by atoms with Gasteiger partial charge in [0.1, 0.15) is 11.6 Å². The van der Waals surface area contributed by atoms with E-state index in [0.29, 0.717) is 35.2 Å². The molecule has 0 saturated carbocycles. The SMILES string of the molecule is CC.CC.CCC(CC)C(=O)c1c(-c2ccccc2F)c2cc(C)ccc2n1Cc1ccccc1F. The van der Waals surface area contributed by atoms with E-state index >= 15 is 4.39 Å². The van der Waals surface area contributed by atoms with Crippen LogP contribution < -0.4 is 0 Å². The third-order valence-electron chi connectivity index (χ3n) is 6.24. The number of hydrogen-bond donors (Lipinski definition) is 0. The number of hydrogen-bond acceptors (Lipinski definition) is 1. The maximum atomic E-state index is 15.0. The molecule has 0 aliphatic heterocycles. The summed E-state index contributed by atoms with van der Waals surface area (Å²) in [6.45, 7) is 14.1. The molecule has 0 radical (unpaired) electrons. The number of carbonyl (C=O) groups is 1. The molecule has 4 heteroatoms. The van der Waals surface area contributed by atoms with E-state index in [1.807, 2.05) is 71.2 Å². The lowest BCUT2D eigenvalue weighted by molar-refractivity contribution is 0.0905. The van der Waals surface area contributed by atoms with Crippen LogP contribution in [0.5, 0.6) is 0 Å². The van der Waals surface area contributed by atoms with Gasteiger partial charge in [0.2, 0.25) is 0 Å². The summed E-state index contributed by atoms with van der Waals surface area (Å²) < 4.78 is 31.5. The van der Waals surface area contributed by atoms with E-state index in [4.69, 9.17) is 0 Å². The number of benzene rings is 3. The van der Waals surface area contributed by atoms with E-state index in [9.17, 15) is 9.18 Å². The first-order valence-electron chi connectivity index (χ1n) is 13.1. The Labute approximate surface area is 215 Å². The normalized spacial score (nSPS) is 10.5. The van der Waals surface area contributed by atoms with Crippen molar-refractivity contribution in [2.24, 2.45) is 5.92 Å². The van der Waals surface area contributed by atoms with Gasteiger partial charge in [0.05, 0.1) is 12.2 Å². The average Bonchev–Trinajstić information content (AvgIpc) is 3.21. The van der Waals surface area contributed by atoms with Crippen LogP contribution in [0.2, 0.25) is 0 Å². The van der Waals surface area contributed by atoms with Crippen molar-refractivity contribution in [2.45, 2.75) is 67.9 Å². The Morgan fingerprint density at radius 2 is 1.42 bits per heavy atom. The second-order valence-electron chi connectivity index (χ2n) is 8.28. The molecule has 0 aliphatic carbocycles. The van der Waals surface area contributed by atoms with E-state index in [1.54, 1.807) is 36.4 Å². The summed E-state index contributed by atoms with van der Waals surface area (Å²) in [5.41, 5.74) is 3.74. The molecule has 2 nitrogen and oxygen atoms in total. The predicted molar refractivity (Wildman–Crippen MR) is 149 cm³/mol. The minimum absolute atomic E-state index is 0.0292. The third kappa shape index (κ3) is 5.92. The zero-order valence-electron chi connectivity index (χ0n) is 22.7. The van der Waals surface area contributed by atoms with E-state index < -0.39 is 0 Å². The number of fused-ring (bicyclic) bond motifs is 1. The van der Waals surface area contributed by atoms with Gasteiger partial charge in [0.25, 0.3) is 0 Å². The van der Waals surface area contributed by atoms with Crippen molar-refractivity contribution in [1.29, 1.82) is 0 Å². The highest BCUT2D eigenvalue weighted by atomic mass is 19.1. The number of carbonyl (C=O) groups excluding carboxylic acids is 1. The largest absolute Gasteiger partial charge is 0.333 e. The first kappa shape index (κ1) is 29.0. The lowest BCUT2D eigenvalue weighted by atomic mass is 9.91. The summed E-state index contributed by atoms with van der Waals surface area (Å²) >= 11 is 0. The summed E-state index contributed by atoms with van der Waals surface area (Å²) in [5.74, 6) is -0.920. The molecule has 0 amide bonds. The molecule has 192 valence electrons. The molecule has 36 heavy (non-hydrogen) atoms. The number of aromatic nitrogens is 1. The number of ketones is 1. The highest BCUT2D eigenvalue weighted by Gasteiger charge is 2.29. The van der Waals surface area contributed by atoms with E-state index in [1.165, 1.54) is 12.1 Å². The van der Waals surface area contributed by atoms with Crippen LogP contribution in [0.3, 0.4) is 0 Å². The molecule has 0 spiro atoms. The molecule has 0 N–H and O–H groups in total. The molecule has 4 aromatic rings. The van der Waals surface area contributed by atoms with Gasteiger partial charge in [0.15, 0.2) is 5.78 Å². The molecule has 3 aromatic carbocycles. The average molecular weight is 492 g/mol. The molecular weight excluding hydrogens is 452 g/mol. The van der Waals surface area contributed by atoms with Gasteiger partial charge in [-0.2, -0.15) is 0 Å². The van der Waals surface area contributed by atoms with Gasteiger partial charge >= 0.3 is 0 Å². The van der Waals surface area contributed by atoms with Gasteiger partial charge in [-0.3, -0.25) is 4.79 Å². The smallest absolute Gasteiger partial charge is 0.182 e. The van der Waals surface area contributed by atoms with Crippen LogP contribution in [0.15, 0.2) is 66.7 Å². The van der Waals surface area contributed by atoms with Crippen LogP contribution in [-0.4, -0.2) is 10.4 Å². The lowest BCUT2D eigenvalue weighted by Crippen LogP contribution is -2.19. The molecule has 0 saturated heterocycles. The highest BCUT2D eigenvalue weighted by molar-refractivity contribution is 6.12. The Morgan fingerprint density at radius 3 is 2.00 bits per heavy atom. The molecule has 1 heterocycles. The molecule has 0 atom stereocenters. The molecule has 0 aliphatic rings. The number of nitrogens with zero attached hydrogens (tertiary/aromatic N) is 1. The number of aryl methyl sites for hydroxylation is 1. The third-order valence-corrected chi connectivity index (χ3v) is 6.24. The van der Waals surface area contributed by atoms with E-state index in [-0.39, 0.29) is 29.9 Å². The van der Waals surface area contributed by atoms with Gasteiger partial charge in [-0.1, -0.05) is 89.6 Å². The van der Waals surface area contributed by atoms with Crippen molar-refractivity contribution in [3.63, 3.8) is 0 Å². The van der Waals surface area contributed by atoms with Crippen LogP contribution in [0.4, 0.5) is 8.78 Å². The quantitative estimate of drug-likeness (QED) is 0.236. The fraction of sp³-hybridized carbons (Fsp3) is 0.344. The van der Waals surface area contributed by atoms with Crippen LogP contribution in [0.1, 0.15) is 76.0 Å². The van der Waals surface area contributed by atoms with Crippen LogP contribution in [-0.2, 0) is 6.54 Å². The summed E-state index contributed by atoms with van der Waals surface area (Å²) in [6, 6.07) is 19.0. The van der Waals surface area contributed by atoms with E-state index in [0.717, 1.165) is 16.5 Å². The Balaban J connectivity index is 0.00000109. The number of Topliss-reactive ketones (excluding diaryl/α,β-unsaturated/α-hetero) is 1. The van der Waals surface area contributed by atoms with Crippen LogP contribution >= 0.6 is 0 Å². The zero-order valence-corrected chi connectivity index (χ0v) is 22.7. The molecule has 0 fully saturated rings. The number of halogens is 2. The molecule has 1 aromatic heterocycles. The first-order chi connectivity index (χ1) is 17.5. The van der Waals surface area contributed by atoms with Gasteiger partial charge in [-0.25, -0.2) is 8.78 Å². The molecule has 0 bridgehead atoms. The van der Waals surface area contributed by atoms with Crippen molar-refractivity contribution in [3.05, 3.63) is 95.2 Å². The number of rotatable bonds is 7. The lowest BCUT2D eigenvalue weighted by Gasteiger charge is -2.17. The standard InChI is InChI=1S/C28H27F2NO.2C2H6/c1-4-19(5-2)28(32)27-26(21-11-7-9-13-24(21)30)22-16-18(3)14-15-25(22)31(27)17-20-10-6-8-12-23(20)29;2*1-2/h6-16,19H,4-5,17H2,1-3H3;2*1-2H3. The van der Waals surface area contributed by atoms with Gasteiger partial charge in [-0.15, -0.1) is 0 Å². The monoisotopic (exact) mass is 491 g/mol. The summed E-state index contributed by atoms with van der Waals surface area (Å²) in [7, 11) is 0. The first-order valence-corrected chi connectivity index (χ1v) is 13.1. The van der Waals surface area contributed by atoms with Crippen molar-refractivity contribution in [1.82, 2.24) is 4.57 Å². The van der Waals surface area contributed by atoms with Gasteiger partial charge in [0, 0.05) is 33.5 Å². The predicted octanol–water partition coefficient (Wildman–Crippen LogP) is 9.61. The maximum Gasteiger partial charge on any atom is 0.182 e. The molecular formula is C32H39F2NO. The molecule has 0 unspecified atom stereocenters. The van der Waals surface area contributed by atoms with Crippen molar-refractivity contribution >= 4 is 16.7 Å². The zero-order chi connectivity index (χ0) is 26.8. The van der Waals surface area contributed by atoms with Gasteiger partial charge in [-0.05, 0) is 44.0 Å². The van der Waals surface area contributed by atoms with Gasteiger partial charge < -0.3 is 4.57 Å². The maximum absolute atomic E-state index is 15.0. The molecule has 4 rings (SSSR count). The summed E-state index contributed by atoms with van der Waals surface area (Å²) in [5, 5.41) is 0.806. The van der Waals surface area contributed by atoms with Crippen molar-refractivity contribution < 1.29 is 13.6 Å². The Morgan fingerprint density at radius 1 is 0.833 bits per heavy atom. The Hall–Kier alpha value is -3.27. The van der Waals surface area contributed by atoms with Crippen LogP contribution in [0.25, 0.3) is 22.0 Å². The Kier molecular flexibility index (Phi) is 11.0. The summed E-state index contributed by atoms with van der Waals surface area (Å²) in [4.78, 5) is 13.8. The summed E-state index contributed by atoms with van der Waals surface area (Å²) in [6.07, 6.45) is 1.37. The highest BCUT2D eigenvalue weighted by Crippen LogP contribution is 2.39. The fourth-order valence-electron chi connectivity index (χ4n) is 4.48. The van der Waals surface area contributed by atoms with Crippen LogP contribution in [0, 0.1) is 24.5 Å². The van der Waals surface area contributed by atoms with Crippen molar-refractivity contribution in [2.75, 3.05) is 0 Å². The fourth-order valence-corrected chi connectivity index (χ4v) is 4.48. The topological polar surface area (TPSA) is 22.0 Å².